The molecule has 0 fully saturated rings. The second-order valence-corrected chi connectivity index (χ2v) is 6.65. The highest BCUT2D eigenvalue weighted by molar-refractivity contribution is 7.13. The van der Waals surface area contributed by atoms with Gasteiger partial charge in [0, 0.05) is 0 Å². The zero-order valence-electron chi connectivity index (χ0n) is 14.5. The Bertz CT molecular complexity index is 1020. The van der Waals surface area contributed by atoms with Crippen molar-refractivity contribution in [2.45, 2.75) is 6.18 Å². The molecule has 0 atom stereocenters. The molecular weight excluding hydrogens is 414 g/mol. The Morgan fingerprint density at radius 1 is 1.14 bits per heavy atom. The molecular formula is C17H13F4N5O2S. The molecule has 0 aliphatic rings. The maximum atomic E-state index is 13.6. The molecule has 0 aliphatic carbocycles. The van der Waals surface area contributed by atoms with E-state index in [1.165, 1.54) is 34.2 Å². The van der Waals surface area contributed by atoms with Crippen molar-refractivity contribution in [1.29, 1.82) is 0 Å². The summed E-state index contributed by atoms with van der Waals surface area (Å²) in [6.45, 7) is -2.19. The molecule has 1 aromatic carbocycles. The summed E-state index contributed by atoms with van der Waals surface area (Å²) in [7, 11) is 0. The predicted octanol–water partition coefficient (Wildman–Crippen LogP) is 2.54. The minimum Gasteiger partial charge on any atom is -0.345 e. The molecule has 0 aliphatic heterocycles. The van der Waals surface area contributed by atoms with Crippen LogP contribution in [0.4, 0.5) is 17.6 Å². The van der Waals surface area contributed by atoms with Crippen LogP contribution in [0.1, 0.15) is 10.6 Å². The number of carbonyl (C=O) groups is 2. The van der Waals surface area contributed by atoms with E-state index < -0.39 is 36.9 Å². The average Bonchev–Trinajstić information content (AvgIpc) is 3.33. The Balaban J connectivity index is 1.78. The van der Waals surface area contributed by atoms with E-state index in [0.717, 1.165) is 0 Å². The quantitative estimate of drug-likeness (QED) is 0.592. The first kappa shape index (κ1) is 20.5. The number of nitrogens with zero attached hydrogens (tertiary/aromatic N) is 3. The van der Waals surface area contributed by atoms with E-state index in [1.807, 2.05) is 0 Å². The molecule has 2 amide bonds. The van der Waals surface area contributed by atoms with Crippen molar-refractivity contribution in [3.8, 4) is 16.4 Å². The van der Waals surface area contributed by atoms with Crippen LogP contribution in [0.2, 0.25) is 0 Å². The lowest BCUT2D eigenvalue weighted by Gasteiger charge is -2.08. The molecule has 0 unspecified atom stereocenters. The number of hydrogen-bond donors (Lipinski definition) is 2. The van der Waals surface area contributed by atoms with Crippen LogP contribution in [-0.2, 0) is 4.79 Å². The third-order valence-corrected chi connectivity index (χ3v) is 4.37. The van der Waals surface area contributed by atoms with Crippen LogP contribution in [0.5, 0.6) is 0 Å². The van der Waals surface area contributed by atoms with Gasteiger partial charge in [0.15, 0.2) is 5.82 Å². The lowest BCUT2D eigenvalue weighted by atomic mass is 10.3. The van der Waals surface area contributed by atoms with Gasteiger partial charge in [-0.15, -0.1) is 16.4 Å². The highest BCUT2D eigenvalue weighted by Gasteiger charge is 2.28. The first-order chi connectivity index (χ1) is 13.7. The maximum absolute atomic E-state index is 13.6. The Morgan fingerprint density at radius 3 is 2.59 bits per heavy atom. The molecule has 3 aromatic rings. The number of aromatic nitrogens is 3. The van der Waals surface area contributed by atoms with Gasteiger partial charge in [0.1, 0.15) is 12.4 Å². The summed E-state index contributed by atoms with van der Waals surface area (Å²) in [5.74, 6) is -2.43. The number of benzene rings is 1. The normalized spacial score (nSPS) is 11.3. The number of thiophene rings is 1. The number of alkyl halides is 3. The van der Waals surface area contributed by atoms with E-state index in [-0.39, 0.29) is 11.6 Å². The van der Waals surface area contributed by atoms with Gasteiger partial charge in [0.2, 0.25) is 11.7 Å². The van der Waals surface area contributed by atoms with E-state index in [0.29, 0.717) is 10.6 Å². The summed E-state index contributed by atoms with van der Waals surface area (Å²) in [4.78, 5) is 28.5. The number of hydrogen-bond acceptors (Lipinski definition) is 5. The molecule has 29 heavy (non-hydrogen) atoms. The topological polar surface area (TPSA) is 88.9 Å². The van der Waals surface area contributed by atoms with Crippen molar-refractivity contribution in [1.82, 2.24) is 25.4 Å². The van der Waals surface area contributed by atoms with Crippen LogP contribution in [-0.4, -0.2) is 45.8 Å². The molecule has 2 heterocycles. The lowest BCUT2D eigenvalue weighted by molar-refractivity contribution is -0.137. The molecule has 2 aromatic heterocycles. The predicted molar refractivity (Wildman–Crippen MR) is 96.0 cm³/mol. The summed E-state index contributed by atoms with van der Waals surface area (Å²) in [5, 5.41) is 9.64. The van der Waals surface area contributed by atoms with Gasteiger partial charge < -0.3 is 10.6 Å². The molecule has 152 valence electrons. The SMILES string of the molecule is O=C(CNC(=O)c1nc(-c2cccs2)n(-c2cccc(F)c2)n1)NCC(F)(F)F. The fourth-order valence-electron chi connectivity index (χ4n) is 2.26. The Kier molecular flexibility index (Phi) is 5.92. The summed E-state index contributed by atoms with van der Waals surface area (Å²) in [5.41, 5.74) is 0.322. The van der Waals surface area contributed by atoms with Crippen LogP contribution in [0.25, 0.3) is 16.4 Å². The monoisotopic (exact) mass is 427 g/mol. The second-order valence-electron chi connectivity index (χ2n) is 5.70. The summed E-state index contributed by atoms with van der Waals surface area (Å²) < 4.78 is 51.2. The summed E-state index contributed by atoms with van der Waals surface area (Å²) in [6.07, 6.45) is -4.55. The van der Waals surface area contributed by atoms with Crippen molar-refractivity contribution < 1.29 is 27.2 Å². The second kappa shape index (κ2) is 8.39. The smallest absolute Gasteiger partial charge is 0.345 e. The number of rotatable bonds is 6. The number of halogens is 4. The number of amides is 2. The Hall–Kier alpha value is -3.28. The molecule has 0 saturated carbocycles. The largest absolute Gasteiger partial charge is 0.405 e. The van der Waals surface area contributed by atoms with Gasteiger partial charge in [-0.25, -0.2) is 14.1 Å². The van der Waals surface area contributed by atoms with Crippen LogP contribution in [0.3, 0.4) is 0 Å². The van der Waals surface area contributed by atoms with Crippen molar-refractivity contribution in [3.05, 3.63) is 53.4 Å². The molecule has 7 nitrogen and oxygen atoms in total. The van der Waals surface area contributed by atoms with Crippen molar-refractivity contribution in [3.63, 3.8) is 0 Å². The van der Waals surface area contributed by atoms with Gasteiger partial charge in [-0.1, -0.05) is 12.1 Å². The summed E-state index contributed by atoms with van der Waals surface area (Å²) in [6, 6.07) is 8.99. The van der Waals surface area contributed by atoms with Crippen LogP contribution in [0.15, 0.2) is 41.8 Å². The van der Waals surface area contributed by atoms with Gasteiger partial charge in [-0.05, 0) is 29.6 Å². The first-order valence-electron chi connectivity index (χ1n) is 8.11. The fourth-order valence-corrected chi connectivity index (χ4v) is 2.96. The molecule has 12 heteroatoms. The number of carbonyl (C=O) groups excluding carboxylic acids is 2. The van der Waals surface area contributed by atoms with Crippen LogP contribution >= 0.6 is 11.3 Å². The van der Waals surface area contributed by atoms with Gasteiger partial charge in [-0.3, -0.25) is 9.59 Å². The zero-order valence-corrected chi connectivity index (χ0v) is 15.4. The summed E-state index contributed by atoms with van der Waals surface area (Å²) >= 11 is 1.32. The lowest BCUT2D eigenvalue weighted by Crippen LogP contribution is -2.41. The molecule has 2 N–H and O–H groups in total. The zero-order chi connectivity index (χ0) is 21.0. The van der Waals surface area contributed by atoms with E-state index >= 15 is 0 Å². The molecule has 0 saturated heterocycles. The highest BCUT2D eigenvalue weighted by atomic mass is 32.1. The molecule has 0 bridgehead atoms. The van der Waals surface area contributed by atoms with Crippen LogP contribution < -0.4 is 10.6 Å². The minimum atomic E-state index is -4.55. The van der Waals surface area contributed by atoms with E-state index in [4.69, 9.17) is 0 Å². The van der Waals surface area contributed by atoms with Gasteiger partial charge >= 0.3 is 6.18 Å². The van der Waals surface area contributed by atoms with E-state index in [1.54, 1.807) is 28.9 Å². The number of nitrogens with one attached hydrogen (secondary N) is 2. The van der Waals surface area contributed by atoms with Crippen molar-refractivity contribution in [2.24, 2.45) is 0 Å². The standard InChI is InChI=1S/C17H13F4N5O2S/c18-10-3-1-4-11(7-10)26-15(12-5-2-6-29-12)24-14(25-26)16(28)22-8-13(27)23-9-17(19,20)21/h1-7H,8-9H2,(H,22,28)(H,23,27). The Labute approximate surface area is 165 Å². The maximum Gasteiger partial charge on any atom is 0.405 e. The Morgan fingerprint density at radius 2 is 1.93 bits per heavy atom. The molecule has 0 spiro atoms. The van der Waals surface area contributed by atoms with Gasteiger partial charge in [0.25, 0.3) is 5.91 Å². The minimum absolute atomic E-state index is 0.275. The van der Waals surface area contributed by atoms with Gasteiger partial charge in [0.05, 0.1) is 17.1 Å². The van der Waals surface area contributed by atoms with Crippen molar-refractivity contribution in [2.75, 3.05) is 13.1 Å². The van der Waals surface area contributed by atoms with E-state index in [2.05, 4.69) is 15.4 Å². The molecule has 3 rings (SSSR count). The fraction of sp³-hybridized carbons (Fsp3) is 0.176. The first-order valence-corrected chi connectivity index (χ1v) is 8.99. The van der Waals surface area contributed by atoms with Gasteiger partial charge in [-0.2, -0.15) is 13.2 Å². The van der Waals surface area contributed by atoms with E-state index in [9.17, 15) is 27.2 Å². The average molecular weight is 427 g/mol. The third kappa shape index (κ3) is 5.38. The van der Waals surface area contributed by atoms with Crippen LogP contribution in [0, 0.1) is 5.82 Å². The highest BCUT2D eigenvalue weighted by Crippen LogP contribution is 2.25. The third-order valence-electron chi connectivity index (χ3n) is 3.50. The molecule has 0 radical (unpaired) electrons. The van der Waals surface area contributed by atoms with Crippen molar-refractivity contribution >= 4 is 23.2 Å².